The number of benzene rings is 1. The molecule has 9 nitrogen and oxygen atoms in total. The van der Waals surface area contributed by atoms with Gasteiger partial charge in [0.15, 0.2) is 0 Å². The lowest BCUT2D eigenvalue weighted by Crippen LogP contribution is -2.21. The molecular formula is C15H17N7O2. The largest absolute Gasteiger partial charge is 0.388 e. The molecule has 0 unspecified atom stereocenters. The highest BCUT2D eigenvalue weighted by molar-refractivity contribution is 5.80. The van der Waals surface area contributed by atoms with Crippen LogP contribution in [0.2, 0.25) is 0 Å². The number of nitrogens with one attached hydrogen (secondary N) is 1. The van der Waals surface area contributed by atoms with Crippen molar-refractivity contribution in [1.82, 2.24) is 4.57 Å². The monoisotopic (exact) mass is 327 g/mol. The van der Waals surface area contributed by atoms with E-state index in [2.05, 4.69) is 15.5 Å². The van der Waals surface area contributed by atoms with E-state index < -0.39 is 4.92 Å². The Labute approximate surface area is 138 Å². The van der Waals surface area contributed by atoms with Crippen molar-refractivity contribution >= 4 is 29.6 Å². The van der Waals surface area contributed by atoms with Crippen LogP contribution < -0.4 is 16.8 Å². The van der Waals surface area contributed by atoms with Crippen molar-refractivity contribution in [3.63, 3.8) is 0 Å². The van der Waals surface area contributed by atoms with E-state index >= 15 is 0 Å². The Morgan fingerprint density at radius 3 is 2.83 bits per heavy atom. The number of nitro benzene ring substituents is 1. The molecule has 9 heteroatoms. The Morgan fingerprint density at radius 2 is 2.17 bits per heavy atom. The first kappa shape index (κ1) is 16.7. The molecule has 0 aliphatic rings. The van der Waals surface area contributed by atoms with Crippen LogP contribution in [-0.2, 0) is 0 Å². The molecule has 0 saturated heterocycles. The van der Waals surface area contributed by atoms with Crippen LogP contribution in [0.1, 0.15) is 5.69 Å². The van der Waals surface area contributed by atoms with Crippen LogP contribution in [0.3, 0.4) is 0 Å². The summed E-state index contributed by atoms with van der Waals surface area (Å²) in [6.07, 6.45) is 6.53. The third-order valence-electron chi connectivity index (χ3n) is 3.09. The predicted molar refractivity (Wildman–Crippen MR) is 95.3 cm³/mol. The molecule has 0 fully saturated rings. The zero-order chi connectivity index (χ0) is 17.5. The molecule has 2 aromatic rings. The summed E-state index contributed by atoms with van der Waals surface area (Å²) < 4.78 is 1.71. The molecule has 0 saturated carbocycles. The van der Waals surface area contributed by atoms with Crippen molar-refractivity contribution in [2.24, 2.45) is 21.7 Å². The van der Waals surface area contributed by atoms with Gasteiger partial charge in [0.1, 0.15) is 5.69 Å². The summed E-state index contributed by atoms with van der Waals surface area (Å²) in [6.45, 7) is 0. The number of aromatic nitrogens is 1. The highest BCUT2D eigenvalue weighted by Gasteiger charge is 2.16. The Balaban J connectivity index is 2.37. The van der Waals surface area contributed by atoms with Crippen molar-refractivity contribution in [3.8, 4) is 5.69 Å². The normalized spacial score (nSPS) is 11.0. The highest BCUT2D eigenvalue weighted by atomic mass is 16.6. The van der Waals surface area contributed by atoms with Gasteiger partial charge in [-0.05, 0) is 36.4 Å². The van der Waals surface area contributed by atoms with Crippen molar-refractivity contribution in [3.05, 3.63) is 58.4 Å². The van der Waals surface area contributed by atoms with E-state index in [9.17, 15) is 10.1 Å². The molecule has 124 valence electrons. The number of nitrogens with two attached hydrogens (primary N) is 2. The number of nitro groups is 1. The molecule has 0 aliphatic heterocycles. The van der Waals surface area contributed by atoms with E-state index in [4.69, 9.17) is 11.5 Å². The van der Waals surface area contributed by atoms with Crippen LogP contribution in [0.5, 0.6) is 0 Å². The smallest absolute Gasteiger partial charge is 0.295 e. The fraction of sp³-hybridized carbons (Fsp3) is 0.0667. The number of hydrogen-bond acceptors (Lipinski definition) is 5. The maximum absolute atomic E-state index is 11.3. The average molecular weight is 327 g/mol. The van der Waals surface area contributed by atoms with Gasteiger partial charge in [0.25, 0.3) is 5.69 Å². The van der Waals surface area contributed by atoms with Crippen LogP contribution in [0.15, 0.2) is 52.8 Å². The summed E-state index contributed by atoms with van der Waals surface area (Å²) in [5, 5.41) is 21.3. The van der Waals surface area contributed by atoms with Gasteiger partial charge < -0.3 is 21.4 Å². The van der Waals surface area contributed by atoms with Crippen LogP contribution in [0.4, 0.5) is 11.4 Å². The lowest BCUT2D eigenvalue weighted by atomic mass is 10.2. The summed E-state index contributed by atoms with van der Waals surface area (Å²) in [4.78, 5) is 10.9. The Bertz CT molecular complexity index is 817. The molecule has 0 amide bonds. The van der Waals surface area contributed by atoms with Crippen molar-refractivity contribution in [1.29, 1.82) is 0 Å². The minimum absolute atomic E-state index is 0.00173. The summed E-state index contributed by atoms with van der Waals surface area (Å²) in [5.41, 5.74) is 12.2. The van der Waals surface area contributed by atoms with E-state index in [1.165, 1.54) is 12.3 Å². The Morgan fingerprint density at radius 1 is 1.38 bits per heavy atom. The average Bonchev–Trinajstić information content (AvgIpc) is 3.01. The van der Waals surface area contributed by atoms with Crippen molar-refractivity contribution < 1.29 is 4.92 Å². The second kappa shape index (κ2) is 7.58. The first-order valence-electron chi connectivity index (χ1n) is 6.95. The first-order valence-corrected chi connectivity index (χ1v) is 6.95. The highest BCUT2D eigenvalue weighted by Crippen LogP contribution is 2.28. The fourth-order valence-electron chi connectivity index (χ4n) is 2.06. The van der Waals surface area contributed by atoms with Gasteiger partial charge in [-0.15, -0.1) is 5.10 Å². The number of anilines is 1. The predicted octanol–water partition coefficient (Wildman–Crippen LogP) is 1.70. The van der Waals surface area contributed by atoms with Crippen LogP contribution in [0, 0.1) is 10.1 Å². The zero-order valence-electron chi connectivity index (χ0n) is 13.0. The quantitative estimate of drug-likeness (QED) is 0.321. The second-order valence-corrected chi connectivity index (χ2v) is 4.66. The van der Waals surface area contributed by atoms with Crippen molar-refractivity contribution in [2.45, 2.75) is 0 Å². The summed E-state index contributed by atoms with van der Waals surface area (Å²) >= 11 is 0. The number of nitrogens with zero attached hydrogens (tertiary/aromatic N) is 4. The lowest BCUT2D eigenvalue weighted by Gasteiger charge is -2.09. The van der Waals surface area contributed by atoms with Gasteiger partial charge in [-0.2, -0.15) is 5.10 Å². The van der Waals surface area contributed by atoms with Crippen LogP contribution in [-0.4, -0.2) is 28.7 Å². The standard InChI is InChI=1S/C15H17N7O2/c1-18-11-6-7-13(14(10-11)22(23)24)21-9-3-5-12(21)4-2-8-19-20-15(16)17/h2-10,18H,1H3,(H4,16,17,20)/b4-2+,19-8+. The fourth-order valence-corrected chi connectivity index (χ4v) is 2.06. The maximum Gasteiger partial charge on any atom is 0.295 e. The van der Waals surface area contributed by atoms with Gasteiger partial charge in [0.05, 0.1) is 4.92 Å². The molecule has 5 N–H and O–H groups in total. The van der Waals surface area contributed by atoms with E-state index in [-0.39, 0.29) is 11.6 Å². The maximum atomic E-state index is 11.3. The summed E-state index contributed by atoms with van der Waals surface area (Å²) in [7, 11) is 1.71. The Hall–Kier alpha value is -3.62. The molecule has 1 aromatic carbocycles. The van der Waals surface area contributed by atoms with Gasteiger partial charge >= 0.3 is 0 Å². The lowest BCUT2D eigenvalue weighted by molar-refractivity contribution is -0.384. The molecule has 0 bridgehead atoms. The minimum atomic E-state index is -0.413. The van der Waals surface area contributed by atoms with Crippen molar-refractivity contribution in [2.75, 3.05) is 12.4 Å². The van der Waals surface area contributed by atoms with E-state index in [0.29, 0.717) is 11.4 Å². The van der Waals surface area contributed by atoms with E-state index in [0.717, 1.165) is 5.69 Å². The third-order valence-corrected chi connectivity index (χ3v) is 3.09. The molecule has 0 atom stereocenters. The number of guanidine groups is 1. The second-order valence-electron chi connectivity index (χ2n) is 4.66. The number of allylic oxidation sites excluding steroid dienone is 1. The molecule has 0 spiro atoms. The molecule has 0 radical (unpaired) electrons. The molecule has 1 aromatic heterocycles. The van der Waals surface area contributed by atoms with Gasteiger partial charge in [0.2, 0.25) is 5.96 Å². The molecular weight excluding hydrogens is 310 g/mol. The topological polar surface area (TPSA) is 137 Å². The Kier molecular flexibility index (Phi) is 5.29. The molecule has 2 rings (SSSR count). The van der Waals surface area contributed by atoms with Gasteiger partial charge in [0, 0.05) is 36.9 Å². The van der Waals surface area contributed by atoms with Gasteiger partial charge in [-0.25, -0.2) is 0 Å². The SMILES string of the molecule is CNc1ccc(-n2cccc2/C=C/C=N/N=C(N)N)c([N+](=O)[O-])c1. The minimum Gasteiger partial charge on any atom is -0.388 e. The summed E-state index contributed by atoms with van der Waals surface area (Å²) in [5.74, 6) is -0.136. The van der Waals surface area contributed by atoms with Crippen LogP contribution in [0.25, 0.3) is 11.8 Å². The first-order chi connectivity index (χ1) is 11.5. The van der Waals surface area contributed by atoms with Gasteiger partial charge in [-0.3, -0.25) is 10.1 Å². The number of rotatable bonds is 6. The molecule has 0 aliphatic carbocycles. The van der Waals surface area contributed by atoms with E-state index in [1.54, 1.807) is 48.2 Å². The number of hydrogen-bond donors (Lipinski definition) is 3. The molecule has 24 heavy (non-hydrogen) atoms. The summed E-state index contributed by atoms with van der Waals surface area (Å²) in [6, 6.07) is 8.57. The van der Waals surface area contributed by atoms with E-state index in [1.807, 2.05) is 6.07 Å². The van der Waals surface area contributed by atoms with Crippen LogP contribution >= 0.6 is 0 Å². The van der Waals surface area contributed by atoms with Gasteiger partial charge in [-0.1, -0.05) is 0 Å². The third kappa shape index (κ3) is 3.97. The molecule has 1 heterocycles. The zero-order valence-corrected chi connectivity index (χ0v) is 13.0.